The standard InChI is InChI=1S/C15H13N3O2/c1-10-5-6-11(7-16-10)8-18-9-17-14-12(15(19)20)3-2-4-13(14)18/h2-7,9H,8H2,1H3,(H,19,20). The van der Waals surface area contributed by atoms with Crippen LogP contribution in [0.2, 0.25) is 0 Å². The van der Waals surface area contributed by atoms with Crippen LogP contribution in [0.15, 0.2) is 42.9 Å². The second-order valence-corrected chi connectivity index (χ2v) is 4.66. The van der Waals surface area contributed by atoms with E-state index in [0.29, 0.717) is 12.1 Å². The largest absolute Gasteiger partial charge is 0.478 e. The monoisotopic (exact) mass is 267 g/mol. The van der Waals surface area contributed by atoms with E-state index in [2.05, 4.69) is 9.97 Å². The summed E-state index contributed by atoms with van der Waals surface area (Å²) in [7, 11) is 0. The van der Waals surface area contributed by atoms with E-state index in [-0.39, 0.29) is 5.56 Å². The summed E-state index contributed by atoms with van der Waals surface area (Å²) in [6.45, 7) is 2.56. The number of hydrogen-bond donors (Lipinski definition) is 1. The van der Waals surface area contributed by atoms with Crippen molar-refractivity contribution in [3.63, 3.8) is 0 Å². The fourth-order valence-corrected chi connectivity index (χ4v) is 2.18. The van der Waals surface area contributed by atoms with Gasteiger partial charge in [0.25, 0.3) is 0 Å². The summed E-state index contributed by atoms with van der Waals surface area (Å²) in [4.78, 5) is 19.6. The summed E-state index contributed by atoms with van der Waals surface area (Å²) in [6.07, 6.45) is 3.49. The van der Waals surface area contributed by atoms with Gasteiger partial charge in [-0.3, -0.25) is 4.98 Å². The van der Waals surface area contributed by atoms with Crippen LogP contribution >= 0.6 is 0 Å². The summed E-state index contributed by atoms with van der Waals surface area (Å²) in [5, 5.41) is 9.15. The van der Waals surface area contributed by atoms with E-state index in [1.807, 2.05) is 35.9 Å². The normalized spacial score (nSPS) is 10.8. The topological polar surface area (TPSA) is 68.0 Å². The van der Waals surface area contributed by atoms with E-state index < -0.39 is 5.97 Å². The fraction of sp³-hybridized carbons (Fsp3) is 0.133. The lowest BCUT2D eigenvalue weighted by Gasteiger charge is -2.05. The molecule has 0 aliphatic carbocycles. The Bertz CT molecular complexity index is 775. The van der Waals surface area contributed by atoms with E-state index in [1.54, 1.807) is 18.5 Å². The van der Waals surface area contributed by atoms with E-state index in [9.17, 15) is 4.79 Å². The highest BCUT2D eigenvalue weighted by Crippen LogP contribution is 2.18. The average molecular weight is 267 g/mol. The number of benzene rings is 1. The molecule has 0 aliphatic rings. The number of pyridine rings is 1. The molecule has 0 atom stereocenters. The fourth-order valence-electron chi connectivity index (χ4n) is 2.18. The molecule has 5 nitrogen and oxygen atoms in total. The molecular weight excluding hydrogens is 254 g/mol. The van der Waals surface area contributed by atoms with Crippen molar-refractivity contribution in [3.8, 4) is 0 Å². The molecule has 0 bridgehead atoms. The van der Waals surface area contributed by atoms with Gasteiger partial charge < -0.3 is 9.67 Å². The van der Waals surface area contributed by atoms with Crippen LogP contribution in [0.4, 0.5) is 0 Å². The van der Waals surface area contributed by atoms with Gasteiger partial charge in [-0.15, -0.1) is 0 Å². The van der Waals surface area contributed by atoms with Gasteiger partial charge in [-0.1, -0.05) is 12.1 Å². The number of rotatable bonds is 3. The zero-order valence-electron chi connectivity index (χ0n) is 10.9. The SMILES string of the molecule is Cc1ccc(Cn2cnc3c(C(=O)O)cccc32)cn1. The van der Waals surface area contributed by atoms with Crippen molar-refractivity contribution in [2.45, 2.75) is 13.5 Å². The smallest absolute Gasteiger partial charge is 0.337 e. The second-order valence-electron chi connectivity index (χ2n) is 4.66. The Kier molecular flexibility index (Phi) is 2.95. The number of imidazole rings is 1. The van der Waals surface area contributed by atoms with Crippen LogP contribution < -0.4 is 0 Å². The molecule has 100 valence electrons. The molecule has 0 fully saturated rings. The molecule has 2 heterocycles. The first-order chi connectivity index (χ1) is 9.65. The Labute approximate surface area is 115 Å². The first-order valence-corrected chi connectivity index (χ1v) is 6.24. The minimum Gasteiger partial charge on any atom is -0.478 e. The number of aromatic carboxylic acids is 1. The molecular formula is C15H13N3O2. The van der Waals surface area contributed by atoms with Crippen molar-refractivity contribution in [2.75, 3.05) is 0 Å². The number of aryl methyl sites for hydroxylation is 1. The number of carboxylic acids is 1. The highest BCUT2D eigenvalue weighted by Gasteiger charge is 2.12. The summed E-state index contributed by atoms with van der Waals surface area (Å²) in [5.41, 5.74) is 3.57. The molecule has 0 radical (unpaired) electrons. The number of para-hydroxylation sites is 1. The van der Waals surface area contributed by atoms with Gasteiger partial charge in [-0.25, -0.2) is 9.78 Å². The molecule has 5 heteroatoms. The van der Waals surface area contributed by atoms with Crippen LogP contribution in [-0.4, -0.2) is 25.6 Å². The van der Waals surface area contributed by atoms with Gasteiger partial charge >= 0.3 is 5.97 Å². The molecule has 0 saturated heterocycles. The van der Waals surface area contributed by atoms with Crippen LogP contribution in [0.3, 0.4) is 0 Å². The summed E-state index contributed by atoms with van der Waals surface area (Å²) in [6, 6.07) is 9.13. The molecule has 0 amide bonds. The van der Waals surface area contributed by atoms with Crippen molar-refractivity contribution in [1.82, 2.24) is 14.5 Å². The van der Waals surface area contributed by atoms with Gasteiger partial charge in [-0.2, -0.15) is 0 Å². The first-order valence-electron chi connectivity index (χ1n) is 6.24. The van der Waals surface area contributed by atoms with Crippen LogP contribution in [-0.2, 0) is 6.54 Å². The Morgan fingerprint density at radius 3 is 2.80 bits per heavy atom. The Balaban J connectivity index is 2.03. The predicted octanol–water partition coefficient (Wildman–Crippen LogP) is 2.49. The van der Waals surface area contributed by atoms with Crippen molar-refractivity contribution in [3.05, 3.63) is 59.7 Å². The molecule has 2 aromatic heterocycles. The number of carbonyl (C=O) groups is 1. The lowest BCUT2D eigenvalue weighted by atomic mass is 10.2. The van der Waals surface area contributed by atoms with E-state index in [0.717, 1.165) is 16.8 Å². The molecule has 1 aromatic carbocycles. The predicted molar refractivity (Wildman–Crippen MR) is 74.8 cm³/mol. The molecule has 3 aromatic rings. The Morgan fingerprint density at radius 1 is 1.25 bits per heavy atom. The highest BCUT2D eigenvalue weighted by molar-refractivity contribution is 6.00. The third-order valence-electron chi connectivity index (χ3n) is 3.21. The van der Waals surface area contributed by atoms with E-state index >= 15 is 0 Å². The van der Waals surface area contributed by atoms with Crippen LogP contribution in [0, 0.1) is 6.92 Å². The van der Waals surface area contributed by atoms with E-state index in [4.69, 9.17) is 5.11 Å². The molecule has 20 heavy (non-hydrogen) atoms. The maximum Gasteiger partial charge on any atom is 0.337 e. The van der Waals surface area contributed by atoms with Crippen molar-refractivity contribution >= 4 is 17.0 Å². The molecule has 1 N–H and O–H groups in total. The summed E-state index contributed by atoms with van der Waals surface area (Å²) < 4.78 is 1.92. The number of nitrogens with zero attached hydrogens (tertiary/aromatic N) is 3. The zero-order chi connectivity index (χ0) is 14.1. The number of aromatic nitrogens is 3. The van der Waals surface area contributed by atoms with Gasteiger partial charge in [0.05, 0.1) is 24.0 Å². The summed E-state index contributed by atoms with van der Waals surface area (Å²) >= 11 is 0. The van der Waals surface area contributed by atoms with E-state index in [1.165, 1.54) is 0 Å². The second kappa shape index (κ2) is 4.77. The van der Waals surface area contributed by atoms with Gasteiger partial charge in [0.2, 0.25) is 0 Å². The molecule has 0 aliphatic heterocycles. The minimum absolute atomic E-state index is 0.225. The molecule has 0 saturated carbocycles. The van der Waals surface area contributed by atoms with Crippen molar-refractivity contribution < 1.29 is 9.90 Å². The third kappa shape index (κ3) is 2.14. The quantitative estimate of drug-likeness (QED) is 0.791. The van der Waals surface area contributed by atoms with Crippen molar-refractivity contribution in [2.24, 2.45) is 0 Å². The third-order valence-corrected chi connectivity index (χ3v) is 3.21. The number of carboxylic acid groups (broad SMARTS) is 1. The highest BCUT2D eigenvalue weighted by atomic mass is 16.4. The van der Waals surface area contributed by atoms with Gasteiger partial charge in [0, 0.05) is 11.9 Å². The summed E-state index contributed by atoms with van der Waals surface area (Å²) in [5.74, 6) is -0.960. The molecule has 3 rings (SSSR count). The van der Waals surface area contributed by atoms with Crippen molar-refractivity contribution in [1.29, 1.82) is 0 Å². The Hall–Kier alpha value is -2.69. The van der Waals surface area contributed by atoms with Crippen LogP contribution in [0.1, 0.15) is 21.6 Å². The van der Waals surface area contributed by atoms with Crippen LogP contribution in [0.5, 0.6) is 0 Å². The van der Waals surface area contributed by atoms with Gasteiger partial charge in [0.1, 0.15) is 5.52 Å². The average Bonchev–Trinajstić information content (AvgIpc) is 2.84. The van der Waals surface area contributed by atoms with Gasteiger partial charge in [0.15, 0.2) is 0 Å². The molecule has 0 spiro atoms. The Morgan fingerprint density at radius 2 is 2.10 bits per heavy atom. The zero-order valence-corrected chi connectivity index (χ0v) is 10.9. The van der Waals surface area contributed by atoms with Gasteiger partial charge in [-0.05, 0) is 30.7 Å². The number of fused-ring (bicyclic) bond motifs is 1. The first kappa shape index (κ1) is 12.3. The maximum absolute atomic E-state index is 11.2. The maximum atomic E-state index is 11.2. The number of hydrogen-bond acceptors (Lipinski definition) is 3. The molecule has 0 unspecified atom stereocenters. The lowest BCUT2D eigenvalue weighted by Crippen LogP contribution is -2.00. The lowest BCUT2D eigenvalue weighted by molar-refractivity contribution is 0.0699. The minimum atomic E-state index is -0.960. The van der Waals surface area contributed by atoms with Crippen LogP contribution in [0.25, 0.3) is 11.0 Å².